The molecule has 0 bridgehead atoms. The van der Waals surface area contributed by atoms with Crippen LogP contribution < -0.4 is 5.32 Å². The maximum Gasteiger partial charge on any atom is 0.317 e. The number of amides is 2. The van der Waals surface area contributed by atoms with Gasteiger partial charge in [-0.05, 0) is 37.0 Å². The Morgan fingerprint density at radius 2 is 2.43 bits per heavy atom. The number of thioether (sulfide) groups is 1. The van der Waals surface area contributed by atoms with E-state index >= 15 is 0 Å². The number of carbonyl (C=O) groups is 1. The van der Waals surface area contributed by atoms with Crippen LogP contribution in [0.3, 0.4) is 0 Å². The highest BCUT2D eigenvalue weighted by atomic mass is 32.2. The number of nitrogens with zero attached hydrogens (tertiary/aromatic N) is 1. The number of nitrogens with one attached hydrogen (secondary N) is 1. The van der Waals surface area contributed by atoms with E-state index in [0.29, 0.717) is 31.0 Å². The third-order valence-corrected chi connectivity index (χ3v) is 6.32. The summed E-state index contributed by atoms with van der Waals surface area (Å²) in [4.78, 5) is 15.5. The molecule has 2 amide bonds. The van der Waals surface area contributed by atoms with Gasteiger partial charge in [0, 0.05) is 22.7 Å². The van der Waals surface area contributed by atoms with Gasteiger partial charge in [-0.2, -0.15) is 11.8 Å². The van der Waals surface area contributed by atoms with Crippen molar-refractivity contribution < 1.29 is 9.53 Å². The van der Waals surface area contributed by atoms with Crippen molar-refractivity contribution in [2.24, 2.45) is 0 Å². The van der Waals surface area contributed by atoms with Crippen LogP contribution >= 0.6 is 23.1 Å². The summed E-state index contributed by atoms with van der Waals surface area (Å²) < 4.78 is 5.79. The van der Waals surface area contributed by atoms with Crippen molar-refractivity contribution in [3.05, 3.63) is 22.4 Å². The van der Waals surface area contributed by atoms with Crippen LogP contribution in [0.5, 0.6) is 0 Å². The first kappa shape index (κ1) is 15.2. The molecule has 1 aromatic rings. The first-order chi connectivity index (χ1) is 10.3. The molecule has 116 valence electrons. The van der Waals surface area contributed by atoms with E-state index in [0.717, 1.165) is 12.8 Å². The highest BCUT2D eigenvalue weighted by Gasteiger charge is 2.30. The van der Waals surface area contributed by atoms with E-state index in [2.05, 4.69) is 23.0 Å². The molecule has 1 aromatic heterocycles. The summed E-state index contributed by atoms with van der Waals surface area (Å²) in [5.41, 5.74) is 0. The van der Waals surface area contributed by atoms with Crippen molar-refractivity contribution in [1.29, 1.82) is 0 Å². The quantitative estimate of drug-likeness (QED) is 0.928. The van der Waals surface area contributed by atoms with Gasteiger partial charge in [-0.3, -0.25) is 0 Å². The molecule has 2 aliphatic rings. The second-order valence-electron chi connectivity index (χ2n) is 5.64. The summed E-state index contributed by atoms with van der Waals surface area (Å²) in [5, 5.41) is 5.96. The molecular weight excluding hydrogens is 304 g/mol. The Bertz CT molecular complexity index is 466. The Morgan fingerprint density at radius 3 is 3.14 bits per heavy atom. The second-order valence-corrected chi connectivity index (χ2v) is 7.76. The van der Waals surface area contributed by atoms with Crippen molar-refractivity contribution in [3.8, 4) is 0 Å². The van der Waals surface area contributed by atoms with Crippen LogP contribution in [0.25, 0.3) is 0 Å². The molecule has 0 unspecified atom stereocenters. The molecule has 1 N–H and O–H groups in total. The predicted molar refractivity (Wildman–Crippen MR) is 88.1 cm³/mol. The summed E-state index contributed by atoms with van der Waals surface area (Å²) in [7, 11) is 0. The topological polar surface area (TPSA) is 41.6 Å². The molecule has 0 radical (unpaired) electrons. The lowest BCUT2D eigenvalue weighted by atomic mass is 10.2. The molecule has 1 aliphatic carbocycles. The Morgan fingerprint density at radius 1 is 1.52 bits per heavy atom. The first-order valence-electron chi connectivity index (χ1n) is 7.49. The van der Waals surface area contributed by atoms with E-state index in [1.165, 1.54) is 11.3 Å². The lowest BCUT2D eigenvalue weighted by Crippen LogP contribution is -2.49. The normalized spacial score (nSPS) is 29.6. The highest BCUT2D eigenvalue weighted by Crippen LogP contribution is 2.29. The molecule has 3 rings (SSSR count). The number of carbonyl (C=O) groups excluding carboxylic acids is 1. The van der Waals surface area contributed by atoms with Crippen LogP contribution in [0.4, 0.5) is 4.79 Å². The third kappa shape index (κ3) is 3.73. The van der Waals surface area contributed by atoms with E-state index in [-0.39, 0.29) is 12.1 Å². The van der Waals surface area contributed by atoms with Crippen LogP contribution in [-0.2, 0) is 4.74 Å². The van der Waals surface area contributed by atoms with Gasteiger partial charge in [0.25, 0.3) is 0 Å². The Balaban J connectivity index is 1.53. The number of morpholine rings is 1. The molecule has 3 atom stereocenters. The molecule has 2 fully saturated rings. The van der Waals surface area contributed by atoms with E-state index in [1.54, 1.807) is 11.3 Å². The van der Waals surface area contributed by atoms with Crippen molar-refractivity contribution in [2.75, 3.05) is 26.0 Å². The van der Waals surface area contributed by atoms with E-state index in [9.17, 15) is 4.79 Å². The summed E-state index contributed by atoms with van der Waals surface area (Å²) in [6, 6.07) is 4.53. The minimum atomic E-state index is 0.0343. The zero-order chi connectivity index (χ0) is 14.7. The SMILES string of the molecule is CS[C@@H]1CC[C@@H](NC(=O)N2CCO[C@@H](c3cccs3)C2)C1. The number of thiophene rings is 1. The molecule has 1 saturated carbocycles. The number of hydrogen-bond acceptors (Lipinski definition) is 4. The standard InChI is InChI=1S/C15H22N2O2S2/c1-20-12-5-4-11(9-12)16-15(18)17-6-7-19-13(10-17)14-3-2-8-21-14/h2-3,8,11-13H,4-7,9-10H2,1H3,(H,16,18)/t11-,12-,13-/m1/s1. The monoisotopic (exact) mass is 326 g/mol. The molecule has 4 nitrogen and oxygen atoms in total. The fraction of sp³-hybridized carbons (Fsp3) is 0.667. The van der Waals surface area contributed by atoms with Gasteiger partial charge >= 0.3 is 6.03 Å². The third-order valence-electron chi connectivity index (χ3n) is 4.26. The number of urea groups is 1. The average molecular weight is 326 g/mol. The van der Waals surface area contributed by atoms with Gasteiger partial charge in [-0.1, -0.05) is 6.07 Å². The van der Waals surface area contributed by atoms with Gasteiger partial charge in [-0.15, -0.1) is 11.3 Å². The minimum absolute atomic E-state index is 0.0343. The Labute approximate surface area is 134 Å². The summed E-state index contributed by atoms with van der Waals surface area (Å²) in [6.45, 7) is 1.96. The predicted octanol–water partition coefficient (Wildman–Crippen LogP) is 3.12. The molecule has 1 aliphatic heterocycles. The Kier molecular flexibility index (Phi) is 5.08. The molecule has 1 saturated heterocycles. The van der Waals surface area contributed by atoms with E-state index < -0.39 is 0 Å². The fourth-order valence-corrected chi connectivity index (χ4v) is 4.59. The van der Waals surface area contributed by atoms with Crippen molar-refractivity contribution in [3.63, 3.8) is 0 Å². The minimum Gasteiger partial charge on any atom is -0.369 e. The van der Waals surface area contributed by atoms with Crippen molar-refractivity contribution in [1.82, 2.24) is 10.2 Å². The maximum absolute atomic E-state index is 12.4. The molecule has 0 spiro atoms. The van der Waals surface area contributed by atoms with Gasteiger partial charge in [0.1, 0.15) is 6.10 Å². The molecule has 6 heteroatoms. The maximum atomic E-state index is 12.4. The van der Waals surface area contributed by atoms with Crippen LogP contribution in [0.1, 0.15) is 30.2 Å². The molecule has 0 aromatic carbocycles. The molecule has 2 heterocycles. The van der Waals surface area contributed by atoms with Crippen LogP contribution in [0.15, 0.2) is 17.5 Å². The second kappa shape index (κ2) is 7.03. The molecule has 21 heavy (non-hydrogen) atoms. The van der Waals surface area contributed by atoms with Crippen molar-refractivity contribution >= 4 is 29.1 Å². The van der Waals surface area contributed by atoms with Crippen LogP contribution in [-0.4, -0.2) is 48.2 Å². The smallest absolute Gasteiger partial charge is 0.317 e. The molecular formula is C15H22N2O2S2. The summed E-state index contributed by atoms with van der Waals surface area (Å²) in [5.74, 6) is 0. The number of rotatable bonds is 3. The van der Waals surface area contributed by atoms with Gasteiger partial charge in [-0.25, -0.2) is 4.79 Å². The van der Waals surface area contributed by atoms with Crippen LogP contribution in [0, 0.1) is 0 Å². The Hall–Kier alpha value is -0.720. The van der Waals surface area contributed by atoms with E-state index in [4.69, 9.17) is 4.74 Å². The van der Waals surface area contributed by atoms with Crippen molar-refractivity contribution in [2.45, 2.75) is 36.7 Å². The highest BCUT2D eigenvalue weighted by molar-refractivity contribution is 7.99. The van der Waals surface area contributed by atoms with Gasteiger partial charge in [0.15, 0.2) is 0 Å². The number of ether oxygens (including phenoxy) is 1. The summed E-state index contributed by atoms with van der Waals surface area (Å²) >= 11 is 3.61. The lowest BCUT2D eigenvalue weighted by molar-refractivity contribution is -0.0138. The summed E-state index contributed by atoms with van der Waals surface area (Å²) in [6.07, 6.45) is 5.61. The zero-order valence-corrected chi connectivity index (χ0v) is 13.9. The fourth-order valence-electron chi connectivity index (χ4n) is 3.03. The van der Waals surface area contributed by atoms with Gasteiger partial charge in [0.05, 0.1) is 13.2 Å². The van der Waals surface area contributed by atoms with Crippen LogP contribution in [0.2, 0.25) is 0 Å². The zero-order valence-electron chi connectivity index (χ0n) is 12.3. The lowest BCUT2D eigenvalue weighted by Gasteiger charge is -2.33. The van der Waals surface area contributed by atoms with Gasteiger partial charge in [0.2, 0.25) is 0 Å². The van der Waals surface area contributed by atoms with E-state index in [1.807, 2.05) is 22.7 Å². The number of hydrogen-bond donors (Lipinski definition) is 1. The van der Waals surface area contributed by atoms with Gasteiger partial charge < -0.3 is 15.0 Å². The average Bonchev–Trinajstić information content (AvgIpc) is 3.18. The largest absolute Gasteiger partial charge is 0.369 e. The first-order valence-corrected chi connectivity index (χ1v) is 9.66.